The Morgan fingerprint density at radius 2 is 2.07 bits per heavy atom. The number of carbonyl (C=O) groups excluding carboxylic acids is 1. The van der Waals surface area contributed by atoms with Crippen molar-refractivity contribution in [3.05, 3.63) is 35.4 Å². The zero-order chi connectivity index (χ0) is 10.7. The molecule has 0 radical (unpaired) electrons. The first-order valence-electron chi connectivity index (χ1n) is 5.12. The zero-order valence-corrected chi connectivity index (χ0v) is 8.68. The molecular formula is C12H14O3. The molecule has 0 saturated carbocycles. The van der Waals surface area contributed by atoms with Gasteiger partial charge in [-0.05, 0) is 13.3 Å². The molecule has 1 aromatic carbocycles. The second-order valence-electron chi connectivity index (χ2n) is 3.72. The standard InChI is InChI=1S/C12H14O3/c1-9-6-7-14-12(15-9)11-4-2-10(8-13)3-5-11/h2-5,8-9,12H,6-7H2,1H3. The highest BCUT2D eigenvalue weighted by molar-refractivity contribution is 5.74. The number of benzene rings is 1. The van der Waals surface area contributed by atoms with Crippen molar-refractivity contribution in [2.75, 3.05) is 6.61 Å². The summed E-state index contributed by atoms with van der Waals surface area (Å²) in [5.74, 6) is 0. The average Bonchev–Trinajstić information content (AvgIpc) is 2.29. The van der Waals surface area contributed by atoms with Crippen LogP contribution in [0.1, 0.15) is 35.6 Å². The molecule has 2 atom stereocenters. The van der Waals surface area contributed by atoms with Crippen LogP contribution in [0.3, 0.4) is 0 Å². The van der Waals surface area contributed by atoms with Crippen LogP contribution in [0.15, 0.2) is 24.3 Å². The maximum absolute atomic E-state index is 10.5. The Morgan fingerprint density at radius 3 is 2.67 bits per heavy atom. The third-order valence-corrected chi connectivity index (χ3v) is 2.49. The summed E-state index contributed by atoms with van der Waals surface area (Å²) in [5.41, 5.74) is 1.63. The Balaban J connectivity index is 2.11. The van der Waals surface area contributed by atoms with Crippen LogP contribution >= 0.6 is 0 Å². The van der Waals surface area contributed by atoms with Crippen LogP contribution in [-0.4, -0.2) is 19.0 Å². The van der Waals surface area contributed by atoms with E-state index in [2.05, 4.69) is 0 Å². The highest BCUT2D eigenvalue weighted by Gasteiger charge is 2.20. The van der Waals surface area contributed by atoms with Crippen molar-refractivity contribution in [3.8, 4) is 0 Å². The zero-order valence-electron chi connectivity index (χ0n) is 8.68. The van der Waals surface area contributed by atoms with Gasteiger partial charge in [-0.15, -0.1) is 0 Å². The molecular weight excluding hydrogens is 192 g/mol. The highest BCUT2D eigenvalue weighted by Crippen LogP contribution is 2.25. The lowest BCUT2D eigenvalue weighted by Gasteiger charge is -2.28. The van der Waals surface area contributed by atoms with Crippen molar-refractivity contribution in [1.29, 1.82) is 0 Å². The molecule has 15 heavy (non-hydrogen) atoms. The summed E-state index contributed by atoms with van der Waals surface area (Å²) in [6.45, 7) is 2.76. The first-order valence-corrected chi connectivity index (χ1v) is 5.12. The molecule has 80 valence electrons. The normalized spacial score (nSPS) is 26.2. The van der Waals surface area contributed by atoms with Crippen LogP contribution in [0.2, 0.25) is 0 Å². The summed E-state index contributed by atoms with van der Waals surface area (Å²) >= 11 is 0. The maximum Gasteiger partial charge on any atom is 0.184 e. The van der Waals surface area contributed by atoms with Crippen molar-refractivity contribution >= 4 is 6.29 Å². The van der Waals surface area contributed by atoms with E-state index < -0.39 is 0 Å². The second kappa shape index (κ2) is 4.55. The molecule has 1 aromatic rings. The van der Waals surface area contributed by atoms with Gasteiger partial charge < -0.3 is 9.47 Å². The minimum atomic E-state index is -0.283. The third-order valence-electron chi connectivity index (χ3n) is 2.49. The molecule has 1 aliphatic rings. The second-order valence-corrected chi connectivity index (χ2v) is 3.72. The molecule has 3 heteroatoms. The van der Waals surface area contributed by atoms with Gasteiger partial charge in [-0.1, -0.05) is 24.3 Å². The molecule has 0 aromatic heterocycles. The number of aldehydes is 1. The predicted octanol–water partition coefficient (Wildman–Crippen LogP) is 2.32. The fourth-order valence-corrected chi connectivity index (χ4v) is 1.57. The first kappa shape index (κ1) is 10.3. The number of rotatable bonds is 2. The summed E-state index contributed by atoms with van der Waals surface area (Å²) in [5, 5.41) is 0. The van der Waals surface area contributed by atoms with Crippen molar-refractivity contribution in [3.63, 3.8) is 0 Å². The summed E-state index contributed by atoms with van der Waals surface area (Å²) in [6.07, 6.45) is 1.71. The van der Waals surface area contributed by atoms with Gasteiger partial charge in [0, 0.05) is 11.1 Å². The van der Waals surface area contributed by atoms with Gasteiger partial charge in [0.1, 0.15) is 6.29 Å². The largest absolute Gasteiger partial charge is 0.348 e. The molecule has 0 spiro atoms. The number of hydrogen-bond acceptors (Lipinski definition) is 3. The van der Waals surface area contributed by atoms with Crippen molar-refractivity contribution in [2.24, 2.45) is 0 Å². The van der Waals surface area contributed by atoms with Gasteiger partial charge in [0.25, 0.3) is 0 Å². The van der Waals surface area contributed by atoms with E-state index in [-0.39, 0.29) is 12.4 Å². The molecule has 3 nitrogen and oxygen atoms in total. The Bertz CT molecular complexity index is 331. The molecule has 1 saturated heterocycles. The monoisotopic (exact) mass is 206 g/mol. The van der Waals surface area contributed by atoms with Crippen LogP contribution in [-0.2, 0) is 9.47 Å². The summed E-state index contributed by atoms with van der Waals surface area (Å²) in [7, 11) is 0. The van der Waals surface area contributed by atoms with E-state index >= 15 is 0 Å². The molecule has 1 aliphatic heterocycles. The molecule has 0 N–H and O–H groups in total. The summed E-state index contributed by atoms with van der Waals surface area (Å²) < 4.78 is 11.1. The van der Waals surface area contributed by atoms with Crippen molar-refractivity contribution in [1.82, 2.24) is 0 Å². The Kier molecular flexibility index (Phi) is 3.14. The van der Waals surface area contributed by atoms with Gasteiger partial charge in [0.15, 0.2) is 6.29 Å². The molecule has 0 aliphatic carbocycles. The Labute approximate surface area is 89.0 Å². The quantitative estimate of drug-likeness (QED) is 0.696. The first-order chi connectivity index (χ1) is 7.29. The summed E-state index contributed by atoms with van der Waals surface area (Å²) in [6, 6.07) is 7.28. The van der Waals surface area contributed by atoms with Crippen LogP contribution in [0.4, 0.5) is 0 Å². The van der Waals surface area contributed by atoms with Gasteiger partial charge >= 0.3 is 0 Å². The lowest BCUT2D eigenvalue weighted by atomic mass is 10.1. The van der Waals surface area contributed by atoms with Crippen LogP contribution < -0.4 is 0 Å². The molecule has 2 unspecified atom stereocenters. The smallest absolute Gasteiger partial charge is 0.184 e. The van der Waals surface area contributed by atoms with Crippen molar-refractivity contribution in [2.45, 2.75) is 25.7 Å². The molecule has 0 bridgehead atoms. The van der Waals surface area contributed by atoms with E-state index in [0.717, 1.165) is 24.9 Å². The SMILES string of the molecule is CC1CCOC(c2ccc(C=O)cc2)O1. The Morgan fingerprint density at radius 1 is 1.33 bits per heavy atom. The molecule has 1 fully saturated rings. The number of hydrogen-bond donors (Lipinski definition) is 0. The lowest BCUT2D eigenvalue weighted by Crippen LogP contribution is -2.24. The van der Waals surface area contributed by atoms with Gasteiger partial charge in [-0.3, -0.25) is 4.79 Å². The van der Waals surface area contributed by atoms with Crippen LogP contribution in [0.5, 0.6) is 0 Å². The summed E-state index contributed by atoms with van der Waals surface area (Å²) in [4.78, 5) is 10.5. The van der Waals surface area contributed by atoms with E-state index in [4.69, 9.17) is 9.47 Å². The van der Waals surface area contributed by atoms with E-state index in [0.29, 0.717) is 5.56 Å². The van der Waals surface area contributed by atoms with Gasteiger partial charge in [-0.2, -0.15) is 0 Å². The minimum absolute atomic E-state index is 0.231. The number of ether oxygens (including phenoxy) is 2. The fraction of sp³-hybridized carbons (Fsp3) is 0.417. The minimum Gasteiger partial charge on any atom is -0.348 e. The highest BCUT2D eigenvalue weighted by atomic mass is 16.7. The van der Waals surface area contributed by atoms with Crippen LogP contribution in [0.25, 0.3) is 0 Å². The lowest BCUT2D eigenvalue weighted by molar-refractivity contribution is -0.212. The number of carbonyl (C=O) groups is 1. The van der Waals surface area contributed by atoms with E-state index in [9.17, 15) is 4.79 Å². The van der Waals surface area contributed by atoms with Gasteiger partial charge in [0.05, 0.1) is 12.7 Å². The molecule has 1 heterocycles. The van der Waals surface area contributed by atoms with E-state index in [1.54, 1.807) is 12.1 Å². The average molecular weight is 206 g/mol. The third kappa shape index (κ3) is 2.43. The molecule has 0 amide bonds. The van der Waals surface area contributed by atoms with Crippen LogP contribution in [0, 0.1) is 0 Å². The fourth-order valence-electron chi connectivity index (χ4n) is 1.57. The van der Waals surface area contributed by atoms with E-state index in [1.807, 2.05) is 19.1 Å². The van der Waals surface area contributed by atoms with Crippen molar-refractivity contribution < 1.29 is 14.3 Å². The van der Waals surface area contributed by atoms with Gasteiger partial charge in [0.2, 0.25) is 0 Å². The molecule has 2 rings (SSSR count). The maximum atomic E-state index is 10.5. The van der Waals surface area contributed by atoms with Gasteiger partial charge in [-0.25, -0.2) is 0 Å². The topological polar surface area (TPSA) is 35.5 Å². The van der Waals surface area contributed by atoms with E-state index in [1.165, 1.54) is 0 Å². The Hall–Kier alpha value is -1.19. The predicted molar refractivity (Wildman–Crippen MR) is 55.7 cm³/mol.